The molecule has 0 aliphatic rings. The van der Waals surface area contributed by atoms with Crippen LogP contribution < -0.4 is 19.6 Å². The number of ether oxygens (including phenoxy) is 3. The number of nitrogens with one attached hydrogen (secondary N) is 1. The predicted octanol–water partition coefficient (Wildman–Crippen LogP) is 5.66. The first-order valence-electron chi connectivity index (χ1n) is 11.1. The number of amides is 1. The molecule has 9 heteroatoms. The van der Waals surface area contributed by atoms with Crippen LogP contribution in [0.5, 0.6) is 17.2 Å². The fraction of sp³-hybridized carbons (Fsp3) is 0.107. The quantitative estimate of drug-likeness (QED) is 0.201. The smallest absolute Gasteiger partial charge is 0.335 e. The molecule has 2 N–H and O–H groups in total. The van der Waals surface area contributed by atoms with Crippen molar-refractivity contribution in [1.82, 2.24) is 5.43 Å². The fourth-order valence-corrected chi connectivity index (χ4v) is 4.22. The Balaban J connectivity index is 1.46. The van der Waals surface area contributed by atoms with Gasteiger partial charge >= 0.3 is 5.97 Å². The molecule has 0 aliphatic heterocycles. The molecule has 37 heavy (non-hydrogen) atoms. The van der Waals surface area contributed by atoms with Crippen molar-refractivity contribution in [2.45, 2.75) is 6.61 Å². The van der Waals surface area contributed by atoms with Crippen LogP contribution in [0.3, 0.4) is 0 Å². The van der Waals surface area contributed by atoms with Gasteiger partial charge in [0.2, 0.25) is 0 Å². The number of hydrazone groups is 1. The van der Waals surface area contributed by atoms with Crippen LogP contribution in [-0.4, -0.2) is 37.4 Å². The van der Waals surface area contributed by atoms with E-state index >= 15 is 0 Å². The molecule has 0 saturated heterocycles. The van der Waals surface area contributed by atoms with E-state index < -0.39 is 11.9 Å². The second kappa shape index (κ2) is 11.6. The van der Waals surface area contributed by atoms with Crippen LogP contribution in [0.2, 0.25) is 0 Å². The topological polar surface area (TPSA) is 106 Å². The minimum Gasteiger partial charge on any atom is -0.496 e. The maximum Gasteiger partial charge on any atom is 0.335 e. The van der Waals surface area contributed by atoms with Crippen molar-refractivity contribution in [3.8, 4) is 17.2 Å². The Kier molecular flexibility index (Phi) is 8.05. The van der Waals surface area contributed by atoms with Gasteiger partial charge in [0, 0.05) is 0 Å². The first-order chi connectivity index (χ1) is 17.9. The summed E-state index contributed by atoms with van der Waals surface area (Å²) in [4.78, 5) is 23.8. The molecule has 0 spiro atoms. The Labute approximate surface area is 221 Å². The SMILES string of the molecule is COc1cc2ccccc2cc1C(=O)N/N=C\c1cc(Br)c(OCc2ccc(C(=O)O)cc2)c(OC)c1. The van der Waals surface area contributed by atoms with Crippen molar-refractivity contribution in [2.24, 2.45) is 5.10 Å². The number of rotatable bonds is 9. The van der Waals surface area contributed by atoms with Crippen LogP contribution in [0.15, 0.2) is 82.4 Å². The lowest BCUT2D eigenvalue weighted by Crippen LogP contribution is -2.18. The summed E-state index contributed by atoms with van der Waals surface area (Å²) in [5.74, 6) is 0.00259. The summed E-state index contributed by atoms with van der Waals surface area (Å²) in [7, 11) is 3.04. The van der Waals surface area contributed by atoms with Crippen LogP contribution in [0, 0.1) is 0 Å². The zero-order chi connectivity index (χ0) is 26.4. The summed E-state index contributed by atoms with van der Waals surface area (Å²) in [5, 5.41) is 15.0. The third-order valence-corrected chi connectivity index (χ3v) is 6.12. The number of benzene rings is 4. The molecule has 188 valence electrons. The maximum absolute atomic E-state index is 12.8. The Morgan fingerprint density at radius 1 is 0.946 bits per heavy atom. The van der Waals surface area contributed by atoms with Crippen molar-refractivity contribution < 1.29 is 28.9 Å². The van der Waals surface area contributed by atoms with Gasteiger partial charge in [0.15, 0.2) is 11.5 Å². The monoisotopic (exact) mass is 562 g/mol. The van der Waals surface area contributed by atoms with Crippen molar-refractivity contribution >= 4 is 44.8 Å². The Morgan fingerprint density at radius 3 is 2.27 bits per heavy atom. The van der Waals surface area contributed by atoms with Gasteiger partial charge in [-0.25, -0.2) is 10.2 Å². The van der Waals surface area contributed by atoms with Gasteiger partial charge < -0.3 is 19.3 Å². The predicted molar refractivity (Wildman–Crippen MR) is 144 cm³/mol. The minimum absolute atomic E-state index is 0.206. The molecule has 0 fully saturated rings. The Bertz CT molecular complexity index is 1480. The molecule has 0 atom stereocenters. The lowest BCUT2D eigenvalue weighted by atomic mass is 10.1. The molecule has 0 aromatic heterocycles. The van der Waals surface area contributed by atoms with Gasteiger partial charge in [0.25, 0.3) is 5.91 Å². The maximum atomic E-state index is 12.8. The summed E-state index contributed by atoms with van der Waals surface area (Å²) < 4.78 is 17.4. The van der Waals surface area contributed by atoms with Gasteiger partial charge in [-0.3, -0.25) is 4.79 Å². The van der Waals surface area contributed by atoms with Gasteiger partial charge in [-0.1, -0.05) is 36.4 Å². The Morgan fingerprint density at radius 2 is 1.62 bits per heavy atom. The molecular weight excluding hydrogens is 540 g/mol. The van der Waals surface area contributed by atoms with Gasteiger partial charge in [0.1, 0.15) is 12.4 Å². The molecule has 4 aromatic carbocycles. The van der Waals surface area contributed by atoms with E-state index in [9.17, 15) is 9.59 Å². The van der Waals surface area contributed by atoms with Crippen molar-refractivity contribution in [3.63, 3.8) is 0 Å². The van der Waals surface area contributed by atoms with Crippen molar-refractivity contribution in [2.75, 3.05) is 14.2 Å². The van der Waals surface area contributed by atoms with E-state index in [1.807, 2.05) is 30.3 Å². The third kappa shape index (κ3) is 6.07. The summed E-state index contributed by atoms with van der Waals surface area (Å²) in [6.07, 6.45) is 1.49. The number of nitrogens with zero attached hydrogens (tertiary/aromatic N) is 1. The summed E-state index contributed by atoms with van der Waals surface area (Å²) in [6.45, 7) is 0.214. The molecule has 1 amide bonds. The number of hydrogen-bond acceptors (Lipinski definition) is 6. The molecule has 0 unspecified atom stereocenters. The standard InChI is InChI=1S/C28H23BrN2O6/c1-35-24-14-21-6-4-3-5-20(21)13-22(24)27(32)31-30-15-18-11-23(29)26(25(12-18)36-2)37-16-17-7-9-19(10-8-17)28(33)34/h3-15H,16H2,1-2H3,(H,31,32)(H,33,34)/b30-15-. The van der Waals surface area contributed by atoms with Crippen molar-refractivity contribution in [1.29, 1.82) is 0 Å². The first kappa shape index (κ1) is 25.7. The number of fused-ring (bicyclic) bond motifs is 1. The summed E-state index contributed by atoms with van der Waals surface area (Å²) in [6, 6.07) is 21.2. The van der Waals surface area contributed by atoms with Crippen LogP contribution in [-0.2, 0) is 6.61 Å². The van der Waals surface area contributed by atoms with Gasteiger partial charge in [-0.05, 0) is 74.2 Å². The second-order valence-electron chi connectivity index (χ2n) is 7.92. The molecule has 4 aromatic rings. The molecule has 4 rings (SSSR count). The third-order valence-electron chi connectivity index (χ3n) is 5.53. The summed E-state index contributed by atoms with van der Waals surface area (Å²) in [5.41, 5.74) is 4.58. The van der Waals surface area contributed by atoms with E-state index in [1.165, 1.54) is 32.6 Å². The number of carbonyl (C=O) groups excluding carboxylic acids is 1. The average Bonchev–Trinajstić information content (AvgIpc) is 2.91. The minimum atomic E-state index is -0.985. The van der Waals surface area contributed by atoms with Crippen molar-refractivity contribution in [3.05, 3.63) is 99.5 Å². The lowest BCUT2D eigenvalue weighted by molar-refractivity contribution is 0.0696. The van der Waals surface area contributed by atoms with E-state index in [1.54, 1.807) is 30.3 Å². The molecule has 0 bridgehead atoms. The molecule has 0 saturated carbocycles. The number of halogens is 1. The number of aromatic carboxylic acids is 1. The number of carbonyl (C=O) groups is 2. The molecule has 8 nitrogen and oxygen atoms in total. The fourth-order valence-electron chi connectivity index (χ4n) is 3.64. The Hall–Kier alpha value is -4.37. The second-order valence-corrected chi connectivity index (χ2v) is 8.78. The number of hydrogen-bond donors (Lipinski definition) is 2. The zero-order valence-corrected chi connectivity index (χ0v) is 21.6. The molecule has 0 aliphatic carbocycles. The molecule has 0 heterocycles. The number of carboxylic acid groups (broad SMARTS) is 1. The number of carboxylic acids is 1. The molecule has 0 radical (unpaired) electrons. The van der Waals surface area contributed by atoms with E-state index in [2.05, 4.69) is 26.5 Å². The van der Waals surface area contributed by atoms with E-state index in [4.69, 9.17) is 19.3 Å². The van der Waals surface area contributed by atoms with E-state index in [0.29, 0.717) is 32.8 Å². The average molecular weight is 563 g/mol. The van der Waals surface area contributed by atoms with Gasteiger partial charge in [-0.15, -0.1) is 0 Å². The van der Waals surface area contributed by atoms with Crippen LogP contribution in [0.4, 0.5) is 0 Å². The number of methoxy groups -OCH3 is 2. The lowest BCUT2D eigenvalue weighted by Gasteiger charge is -2.13. The summed E-state index contributed by atoms with van der Waals surface area (Å²) >= 11 is 3.49. The van der Waals surface area contributed by atoms with E-state index in [-0.39, 0.29) is 12.2 Å². The highest BCUT2D eigenvalue weighted by atomic mass is 79.9. The normalized spacial score (nSPS) is 10.9. The largest absolute Gasteiger partial charge is 0.496 e. The van der Waals surface area contributed by atoms with E-state index in [0.717, 1.165) is 16.3 Å². The van der Waals surface area contributed by atoms with Gasteiger partial charge in [-0.2, -0.15) is 5.10 Å². The van der Waals surface area contributed by atoms with Gasteiger partial charge in [0.05, 0.1) is 36.0 Å². The van der Waals surface area contributed by atoms with Crippen LogP contribution in [0.1, 0.15) is 31.8 Å². The molecular formula is C28H23BrN2O6. The highest BCUT2D eigenvalue weighted by Gasteiger charge is 2.14. The first-order valence-corrected chi connectivity index (χ1v) is 11.9. The van der Waals surface area contributed by atoms with Crippen LogP contribution in [0.25, 0.3) is 10.8 Å². The highest BCUT2D eigenvalue weighted by molar-refractivity contribution is 9.10. The zero-order valence-electron chi connectivity index (χ0n) is 20.0. The van der Waals surface area contributed by atoms with Crippen LogP contribution >= 0.6 is 15.9 Å². The highest BCUT2D eigenvalue weighted by Crippen LogP contribution is 2.37.